The first kappa shape index (κ1) is 13.0. The molecule has 0 rings (SSSR count). The SMILES string of the molecule is CCC(=NC)N(/C=C(/N)CC)N(C)C. The van der Waals surface area contributed by atoms with Crippen molar-refractivity contribution in [3.63, 3.8) is 0 Å². The van der Waals surface area contributed by atoms with Gasteiger partial charge in [0.25, 0.3) is 0 Å². The number of hydrazine groups is 1. The minimum Gasteiger partial charge on any atom is -0.401 e. The fraction of sp³-hybridized carbons (Fsp3) is 0.700. The number of nitrogens with zero attached hydrogens (tertiary/aromatic N) is 3. The van der Waals surface area contributed by atoms with Gasteiger partial charge in [-0.1, -0.05) is 13.8 Å². The molecular formula is C10H22N4. The predicted molar refractivity (Wildman–Crippen MR) is 61.7 cm³/mol. The van der Waals surface area contributed by atoms with Crippen molar-refractivity contribution < 1.29 is 0 Å². The molecule has 0 saturated heterocycles. The minimum atomic E-state index is 0.852. The number of allylic oxidation sites excluding steroid dienone is 1. The molecule has 2 N–H and O–H groups in total. The van der Waals surface area contributed by atoms with E-state index in [2.05, 4.69) is 11.9 Å². The van der Waals surface area contributed by atoms with Gasteiger partial charge in [-0.15, -0.1) is 0 Å². The maximum atomic E-state index is 5.80. The molecule has 0 unspecified atom stereocenters. The zero-order valence-corrected chi connectivity index (χ0v) is 9.91. The summed E-state index contributed by atoms with van der Waals surface area (Å²) in [6.45, 7) is 4.11. The van der Waals surface area contributed by atoms with Crippen molar-refractivity contribution in [2.24, 2.45) is 10.7 Å². The van der Waals surface area contributed by atoms with E-state index >= 15 is 0 Å². The van der Waals surface area contributed by atoms with Gasteiger partial charge in [0.15, 0.2) is 0 Å². The summed E-state index contributed by atoms with van der Waals surface area (Å²) in [4.78, 5) is 4.22. The Morgan fingerprint density at radius 2 is 1.86 bits per heavy atom. The first-order valence-electron chi connectivity index (χ1n) is 4.95. The first-order valence-corrected chi connectivity index (χ1v) is 4.95. The van der Waals surface area contributed by atoms with Crippen LogP contribution in [-0.4, -0.2) is 37.0 Å². The summed E-state index contributed by atoms with van der Waals surface area (Å²) in [5.41, 5.74) is 6.65. The molecule has 0 aliphatic heterocycles. The zero-order chi connectivity index (χ0) is 11.1. The lowest BCUT2D eigenvalue weighted by atomic mass is 10.3. The molecule has 0 radical (unpaired) electrons. The van der Waals surface area contributed by atoms with Crippen LogP contribution in [-0.2, 0) is 0 Å². The van der Waals surface area contributed by atoms with E-state index in [4.69, 9.17) is 5.73 Å². The second-order valence-corrected chi connectivity index (χ2v) is 3.24. The van der Waals surface area contributed by atoms with Gasteiger partial charge in [0.05, 0.1) is 0 Å². The summed E-state index contributed by atoms with van der Waals surface area (Å²) in [6.07, 6.45) is 3.67. The fourth-order valence-electron chi connectivity index (χ4n) is 1.09. The lowest BCUT2D eigenvalue weighted by molar-refractivity contribution is 0.165. The largest absolute Gasteiger partial charge is 0.401 e. The topological polar surface area (TPSA) is 44.9 Å². The van der Waals surface area contributed by atoms with Gasteiger partial charge in [-0.3, -0.25) is 10.0 Å². The quantitative estimate of drug-likeness (QED) is 0.422. The molecule has 0 bridgehead atoms. The summed E-state index contributed by atoms with van der Waals surface area (Å²) in [6, 6.07) is 0. The highest BCUT2D eigenvalue weighted by molar-refractivity contribution is 5.82. The van der Waals surface area contributed by atoms with Gasteiger partial charge < -0.3 is 5.73 Å². The third kappa shape index (κ3) is 3.79. The molecule has 4 heteroatoms. The van der Waals surface area contributed by atoms with Crippen LogP contribution in [0.3, 0.4) is 0 Å². The van der Waals surface area contributed by atoms with Crippen LogP contribution in [0.4, 0.5) is 0 Å². The summed E-state index contributed by atoms with van der Waals surface area (Å²) < 4.78 is 0. The number of aliphatic imine (C=N–C) groups is 1. The van der Waals surface area contributed by atoms with E-state index in [-0.39, 0.29) is 0 Å². The summed E-state index contributed by atoms with van der Waals surface area (Å²) >= 11 is 0. The lowest BCUT2D eigenvalue weighted by Crippen LogP contribution is -2.38. The maximum Gasteiger partial charge on any atom is 0.117 e. The summed E-state index contributed by atoms with van der Waals surface area (Å²) in [5, 5.41) is 3.94. The molecule has 0 aromatic rings. The van der Waals surface area contributed by atoms with Gasteiger partial charge in [-0.2, -0.15) is 0 Å². The Balaban J connectivity index is 4.77. The van der Waals surface area contributed by atoms with Crippen LogP contribution in [0.25, 0.3) is 0 Å². The van der Waals surface area contributed by atoms with Crippen molar-refractivity contribution in [1.82, 2.24) is 10.0 Å². The number of amidine groups is 1. The van der Waals surface area contributed by atoms with E-state index in [9.17, 15) is 0 Å². The Labute approximate surface area is 87.1 Å². The smallest absolute Gasteiger partial charge is 0.117 e. The lowest BCUT2D eigenvalue weighted by Gasteiger charge is -2.28. The molecule has 14 heavy (non-hydrogen) atoms. The Kier molecular flexibility index (Phi) is 5.95. The third-order valence-corrected chi connectivity index (χ3v) is 1.97. The molecule has 0 saturated carbocycles. The summed E-state index contributed by atoms with van der Waals surface area (Å²) in [7, 11) is 5.74. The van der Waals surface area contributed by atoms with Gasteiger partial charge in [0, 0.05) is 39.5 Å². The molecule has 0 aromatic heterocycles. The Morgan fingerprint density at radius 1 is 1.29 bits per heavy atom. The third-order valence-electron chi connectivity index (χ3n) is 1.97. The highest BCUT2D eigenvalue weighted by Gasteiger charge is 2.08. The second kappa shape index (κ2) is 6.43. The fourth-order valence-corrected chi connectivity index (χ4v) is 1.09. The van der Waals surface area contributed by atoms with Gasteiger partial charge >= 0.3 is 0 Å². The van der Waals surface area contributed by atoms with Crippen LogP contribution in [0.15, 0.2) is 16.9 Å². The average molecular weight is 198 g/mol. The normalized spacial score (nSPS) is 13.6. The molecule has 0 aliphatic carbocycles. The zero-order valence-electron chi connectivity index (χ0n) is 9.91. The van der Waals surface area contributed by atoms with Crippen LogP contribution < -0.4 is 5.73 Å². The first-order chi connectivity index (χ1) is 6.56. The van der Waals surface area contributed by atoms with E-state index in [1.165, 1.54) is 0 Å². The van der Waals surface area contributed by atoms with Crippen LogP contribution in [0.5, 0.6) is 0 Å². The van der Waals surface area contributed by atoms with E-state index in [1.807, 2.05) is 37.2 Å². The number of hydrogen-bond acceptors (Lipinski definition) is 3. The molecule has 82 valence electrons. The number of rotatable bonds is 4. The highest BCUT2D eigenvalue weighted by Crippen LogP contribution is 2.03. The number of nitrogens with two attached hydrogens (primary N) is 1. The highest BCUT2D eigenvalue weighted by atomic mass is 15.6. The van der Waals surface area contributed by atoms with Crippen LogP contribution in [0.1, 0.15) is 26.7 Å². The van der Waals surface area contributed by atoms with Crippen molar-refractivity contribution in [3.8, 4) is 0 Å². The van der Waals surface area contributed by atoms with E-state index in [0.29, 0.717) is 0 Å². The minimum absolute atomic E-state index is 0.852. The maximum absolute atomic E-state index is 5.80. The predicted octanol–water partition coefficient (Wildman–Crippen LogP) is 1.41. The van der Waals surface area contributed by atoms with Crippen LogP contribution in [0, 0.1) is 0 Å². The van der Waals surface area contributed by atoms with Crippen molar-refractivity contribution in [1.29, 1.82) is 0 Å². The molecule has 0 fully saturated rings. The average Bonchev–Trinajstić information content (AvgIpc) is 2.17. The monoisotopic (exact) mass is 198 g/mol. The molecule has 4 nitrogen and oxygen atoms in total. The van der Waals surface area contributed by atoms with E-state index < -0.39 is 0 Å². The molecule has 0 spiro atoms. The molecule has 0 aromatic carbocycles. The van der Waals surface area contributed by atoms with Crippen LogP contribution >= 0.6 is 0 Å². The molecule has 0 aliphatic rings. The Bertz CT molecular complexity index is 218. The molecule has 0 atom stereocenters. The van der Waals surface area contributed by atoms with Gasteiger partial charge in [0.1, 0.15) is 5.84 Å². The standard InChI is InChI=1S/C10H22N4/c1-6-9(11)8-14(13(4)5)10(7-2)12-3/h8H,6-7,11H2,1-5H3/b9-8+,12-10?. The van der Waals surface area contributed by atoms with Crippen molar-refractivity contribution in [2.75, 3.05) is 21.1 Å². The van der Waals surface area contributed by atoms with Gasteiger partial charge in [-0.05, 0) is 6.42 Å². The number of hydrogen-bond donors (Lipinski definition) is 1. The van der Waals surface area contributed by atoms with E-state index in [0.717, 1.165) is 24.4 Å². The van der Waals surface area contributed by atoms with Crippen molar-refractivity contribution in [3.05, 3.63) is 11.9 Å². The molecule has 0 amide bonds. The van der Waals surface area contributed by atoms with Gasteiger partial charge in [0.2, 0.25) is 0 Å². The summed E-state index contributed by atoms with van der Waals surface area (Å²) in [5.74, 6) is 1.01. The van der Waals surface area contributed by atoms with Crippen LogP contribution in [0.2, 0.25) is 0 Å². The van der Waals surface area contributed by atoms with Crippen molar-refractivity contribution in [2.45, 2.75) is 26.7 Å². The molecule has 0 heterocycles. The van der Waals surface area contributed by atoms with Gasteiger partial charge in [-0.25, -0.2) is 5.01 Å². The molecular weight excluding hydrogens is 176 g/mol. The second-order valence-electron chi connectivity index (χ2n) is 3.24. The Morgan fingerprint density at radius 3 is 2.14 bits per heavy atom. The Hall–Kier alpha value is -1.03. The van der Waals surface area contributed by atoms with E-state index in [1.54, 1.807) is 7.05 Å². The van der Waals surface area contributed by atoms with Crippen molar-refractivity contribution >= 4 is 5.84 Å².